The van der Waals surface area contributed by atoms with Crippen LogP contribution in [0.1, 0.15) is 31.7 Å². The minimum atomic E-state index is -0.452. The van der Waals surface area contributed by atoms with E-state index in [1.54, 1.807) is 0 Å². The fourth-order valence-electron chi connectivity index (χ4n) is 2.30. The summed E-state index contributed by atoms with van der Waals surface area (Å²) < 4.78 is 5.63. The lowest BCUT2D eigenvalue weighted by atomic mass is 10.0. The Labute approximate surface area is 116 Å². The fourth-order valence-corrected chi connectivity index (χ4v) is 2.30. The average Bonchev–Trinajstić information content (AvgIpc) is 3.18. The van der Waals surface area contributed by atoms with Crippen molar-refractivity contribution in [1.82, 2.24) is 5.32 Å². The van der Waals surface area contributed by atoms with Crippen LogP contribution in [0.15, 0.2) is 24.3 Å². The van der Waals surface area contributed by atoms with Crippen LogP contribution in [0, 0.1) is 12.3 Å². The third kappa shape index (κ3) is 4.22. The van der Waals surface area contributed by atoms with Gasteiger partial charge >= 0.3 is 0 Å². The van der Waals surface area contributed by atoms with Crippen LogP contribution >= 0.6 is 0 Å². The summed E-state index contributed by atoms with van der Waals surface area (Å²) >= 11 is 0. The molecule has 19 heavy (non-hydrogen) atoms. The second-order valence-electron chi connectivity index (χ2n) is 5.71. The van der Waals surface area contributed by atoms with Crippen molar-refractivity contribution in [3.8, 4) is 5.75 Å². The Morgan fingerprint density at radius 2 is 2.11 bits per heavy atom. The Kier molecular flexibility index (Phi) is 4.83. The molecule has 1 aromatic carbocycles. The Balaban J connectivity index is 1.65. The molecule has 0 spiro atoms. The molecule has 1 atom stereocenters. The summed E-state index contributed by atoms with van der Waals surface area (Å²) in [5.41, 5.74) is 1.63. The van der Waals surface area contributed by atoms with Gasteiger partial charge in [0.15, 0.2) is 0 Å². The largest absolute Gasteiger partial charge is 0.491 e. The molecule has 106 valence electrons. The van der Waals surface area contributed by atoms with Crippen LogP contribution in [0.5, 0.6) is 5.75 Å². The zero-order valence-electron chi connectivity index (χ0n) is 12.0. The van der Waals surface area contributed by atoms with Gasteiger partial charge in [0, 0.05) is 13.1 Å². The summed E-state index contributed by atoms with van der Waals surface area (Å²) in [7, 11) is 0. The third-order valence-corrected chi connectivity index (χ3v) is 4.11. The van der Waals surface area contributed by atoms with Gasteiger partial charge in [-0.25, -0.2) is 0 Å². The predicted molar refractivity (Wildman–Crippen MR) is 77.5 cm³/mol. The van der Waals surface area contributed by atoms with E-state index in [0.29, 0.717) is 18.6 Å². The van der Waals surface area contributed by atoms with E-state index < -0.39 is 6.10 Å². The number of rotatable bonds is 8. The van der Waals surface area contributed by atoms with Gasteiger partial charge in [-0.15, -0.1) is 0 Å². The van der Waals surface area contributed by atoms with E-state index in [2.05, 4.69) is 12.2 Å². The van der Waals surface area contributed by atoms with E-state index in [0.717, 1.165) is 17.9 Å². The number of aryl methyl sites for hydroxylation is 1. The maximum Gasteiger partial charge on any atom is 0.122 e. The molecule has 0 amide bonds. The number of benzene rings is 1. The van der Waals surface area contributed by atoms with E-state index in [1.165, 1.54) is 19.3 Å². The van der Waals surface area contributed by atoms with Crippen molar-refractivity contribution >= 4 is 0 Å². The first-order chi connectivity index (χ1) is 9.15. The molecule has 0 aromatic heterocycles. The van der Waals surface area contributed by atoms with Crippen LogP contribution in [0.4, 0.5) is 0 Å². The number of aliphatic hydroxyl groups is 1. The molecule has 0 radical (unpaired) electrons. The quantitative estimate of drug-likeness (QED) is 0.757. The minimum Gasteiger partial charge on any atom is -0.491 e. The van der Waals surface area contributed by atoms with Crippen molar-refractivity contribution in [2.75, 3.05) is 19.7 Å². The van der Waals surface area contributed by atoms with Gasteiger partial charge in [-0.05, 0) is 43.2 Å². The van der Waals surface area contributed by atoms with Crippen LogP contribution in [0.3, 0.4) is 0 Å². The van der Waals surface area contributed by atoms with E-state index in [9.17, 15) is 5.11 Å². The van der Waals surface area contributed by atoms with Gasteiger partial charge in [0.25, 0.3) is 0 Å². The normalized spacial score (nSPS) is 18.1. The van der Waals surface area contributed by atoms with Crippen molar-refractivity contribution in [1.29, 1.82) is 0 Å². The van der Waals surface area contributed by atoms with Gasteiger partial charge in [-0.3, -0.25) is 0 Å². The molecule has 1 saturated carbocycles. The van der Waals surface area contributed by atoms with Gasteiger partial charge in [0.2, 0.25) is 0 Å². The molecule has 0 bridgehead atoms. The third-order valence-electron chi connectivity index (χ3n) is 4.11. The van der Waals surface area contributed by atoms with E-state index in [4.69, 9.17) is 4.74 Å². The molecule has 1 unspecified atom stereocenters. The summed E-state index contributed by atoms with van der Waals surface area (Å²) in [4.78, 5) is 0. The molecular formula is C16H25NO2. The number of hydrogen-bond donors (Lipinski definition) is 2. The molecular weight excluding hydrogens is 238 g/mol. The number of nitrogens with one attached hydrogen (secondary N) is 1. The second-order valence-corrected chi connectivity index (χ2v) is 5.71. The zero-order chi connectivity index (χ0) is 13.7. The molecule has 1 aromatic rings. The number of hydrogen-bond acceptors (Lipinski definition) is 3. The lowest BCUT2D eigenvalue weighted by Crippen LogP contribution is -2.34. The molecule has 2 N–H and O–H groups in total. The smallest absolute Gasteiger partial charge is 0.122 e. The highest BCUT2D eigenvalue weighted by molar-refractivity contribution is 5.31. The van der Waals surface area contributed by atoms with Crippen LogP contribution in [-0.4, -0.2) is 30.9 Å². The van der Waals surface area contributed by atoms with Gasteiger partial charge in [-0.2, -0.15) is 0 Å². The van der Waals surface area contributed by atoms with Crippen molar-refractivity contribution in [3.05, 3.63) is 29.8 Å². The zero-order valence-corrected chi connectivity index (χ0v) is 12.0. The molecule has 0 aliphatic heterocycles. The highest BCUT2D eigenvalue weighted by Gasteiger charge is 2.39. The second kappa shape index (κ2) is 6.40. The van der Waals surface area contributed by atoms with Gasteiger partial charge < -0.3 is 15.2 Å². The summed E-state index contributed by atoms with van der Waals surface area (Å²) in [6, 6.07) is 7.88. The predicted octanol–water partition coefficient (Wildman–Crippen LogP) is 2.51. The highest BCUT2D eigenvalue weighted by atomic mass is 16.5. The SMILES string of the molecule is CCC1(CNCC(O)COc2ccccc2C)CC1. The summed E-state index contributed by atoms with van der Waals surface area (Å²) in [6.07, 6.45) is 3.43. The molecule has 0 heterocycles. The van der Waals surface area contributed by atoms with Crippen LogP contribution in [0.2, 0.25) is 0 Å². The van der Waals surface area contributed by atoms with E-state index in [-0.39, 0.29) is 0 Å². The Morgan fingerprint density at radius 1 is 1.37 bits per heavy atom. The number of para-hydroxylation sites is 1. The summed E-state index contributed by atoms with van der Waals surface area (Å²) in [6.45, 7) is 6.22. The van der Waals surface area contributed by atoms with Crippen molar-refractivity contribution in [2.45, 2.75) is 39.2 Å². The Morgan fingerprint density at radius 3 is 2.74 bits per heavy atom. The molecule has 1 aliphatic carbocycles. The van der Waals surface area contributed by atoms with Crippen molar-refractivity contribution in [3.63, 3.8) is 0 Å². The molecule has 3 nitrogen and oxygen atoms in total. The molecule has 1 aliphatic rings. The Bertz CT molecular complexity index is 401. The highest BCUT2D eigenvalue weighted by Crippen LogP contribution is 2.47. The van der Waals surface area contributed by atoms with Crippen molar-refractivity contribution < 1.29 is 9.84 Å². The van der Waals surface area contributed by atoms with E-state index >= 15 is 0 Å². The summed E-state index contributed by atoms with van der Waals surface area (Å²) in [5.74, 6) is 0.855. The van der Waals surface area contributed by atoms with Crippen molar-refractivity contribution in [2.24, 2.45) is 5.41 Å². The average molecular weight is 263 g/mol. The lowest BCUT2D eigenvalue weighted by molar-refractivity contribution is 0.104. The van der Waals surface area contributed by atoms with E-state index in [1.807, 2.05) is 31.2 Å². The first kappa shape index (κ1) is 14.4. The standard InChI is InChI=1S/C16H25NO2/c1-3-16(8-9-16)12-17-10-14(18)11-19-15-7-5-4-6-13(15)2/h4-7,14,17-18H,3,8-12H2,1-2H3. The van der Waals surface area contributed by atoms with Crippen LogP contribution in [0.25, 0.3) is 0 Å². The minimum absolute atomic E-state index is 0.344. The first-order valence-electron chi connectivity index (χ1n) is 7.22. The maximum absolute atomic E-state index is 9.90. The topological polar surface area (TPSA) is 41.5 Å². The Hall–Kier alpha value is -1.06. The van der Waals surface area contributed by atoms with Gasteiger partial charge in [0.1, 0.15) is 18.5 Å². The molecule has 3 heteroatoms. The maximum atomic E-state index is 9.90. The monoisotopic (exact) mass is 263 g/mol. The number of aliphatic hydroxyl groups excluding tert-OH is 1. The molecule has 1 fully saturated rings. The van der Waals surface area contributed by atoms with Gasteiger partial charge in [0.05, 0.1) is 0 Å². The lowest BCUT2D eigenvalue weighted by Gasteiger charge is -2.17. The molecule has 0 saturated heterocycles. The molecule has 2 rings (SSSR count). The first-order valence-corrected chi connectivity index (χ1v) is 7.22. The van der Waals surface area contributed by atoms with Gasteiger partial charge in [-0.1, -0.05) is 25.1 Å². The number of ether oxygens (including phenoxy) is 1. The fraction of sp³-hybridized carbons (Fsp3) is 0.625. The van der Waals surface area contributed by atoms with Crippen LogP contribution in [-0.2, 0) is 0 Å². The summed E-state index contributed by atoms with van der Waals surface area (Å²) in [5, 5.41) is 13.3. The van der Waals surface area contributed by atoms with Crippen LogP contribution < -0.4 is 10.1 Å².